The van der Waals surface area contributed by atoms with Crippen LogP contribution in [0.15, 0.2) is 63.8 Å². The van der Waals surface area contributed by atoms with Gasteiger partial charge in [-0.2, -0.15) is 0 Å². The van der Waals surface area contributed by atoms with E-state index in [1.807, 2.05) is 0 Å². The van der Waals surface area contributed by atoms with Crippen molar-refractivity contribution in [1.82, 2.24) is 0 Å². The number of aliphatic hydroxyl groups excluding tert-OH is 6. The SMILES string of the molecule is COc1cc(C=CC(=[OH+])OCC2O[C@@H](OCC3O[C@@H](Oc4cc5c(O)cc(=O)cc-5oc4-c4ccc(O)c(O)c4)C(O)C(O)[C@@H]3O)C(O)C(O)[C@@H]2O)cc(OC)c1O. The summed E-state index contributed by atoms with van der Waals surface area (Å²) >= 11 is 0. The highest BCUT2D eigenvalue weighted by atomic mass is 16.7. The lowest BCUT2D eigenvalue weighted by Crippen LogP contribution is -2.62. The van der Waals surface area contributed by atoms with Gasteiger partial charge in [0.25, 0.3) is 0 Å². The van der Waals surface area contributed by atoms with Gasteiger partial charge >= 0.3 is 5.97 Å². The third kappa shape index (κ3) is 8.74. The monoisotopic (exact) mass is 817 g/mol. The van der Waals surface area contributed by atoms with Crippen LogP contribution >= 0.6 is 0 Å². The summed E-state index contributed by atoms with van der Waals surface area (Å²) in [7, 11) is 2.68. The fourth-order valence-corrected chi connectivity index (χ4v) is 6.18. The lowest BCUT2D eigenvalue weighted by Gasteiger charge is -2.42. The van der Waals surface area contributed by atoms with Crippen LogP contribution < -0.4 is 19.6 Å². The molecule has 58 heavy (non-hydrogen) atoms. The van der Waals surface area contributed by atoms with Gasteiger partial charge in [0.05, 0.1) is 32.5 Å². The second kappa shape index (κ2) is 17.4. The summed E-state index contributed by atoms with van der Waals surface area (Å²) in [6.45, 7) is -1.26. The number of fused-ring (bicyclic) bond motifs is 1. The van der Waals surface area contributed by atoms with Crippen molar-refractivity contribution >= 4 is 12.0 Å². The molecule has 20 heteroatoms. The Bertz CT molecular complexity index is 2130. The molecule has 11 N–H and O–H groups in total. The standard InChI is InChI=1S/C38H40O20/c1-51-23-7-15(8-24(52-2)29(23)44)3-6-28(43)53-13-26-30(45)32(47)34(49)37(57-26)54-14-27-31(46)33(48)35(50)38(58-27)56-25-12-18-20(41)10-17(39)11-22(18)55-36(25)16-4-5-19(40)21(42)9-16/h3-12,26-27,30-35,37-38,40-42,44-50H,13-14H2,1-2H3/p+1/t26?,27?,30-,31-,32?,33?,34?,35?,37-,38-/m1/s1. The normalized spacial score (nSPS) is 27.4. The second-order valence-electron chi connectivity index (χ2n) is 13.2. The van der Waals surface area contributed by atoms with Gasteiger partial charge in [-0.1, -0.05) is 0 Å². The molecule has 1 aliphatic carbocycles. The van der Waals surface area contributed by atoms with Gasteiger partial charge in [-0.25, -0.2) is 0 Å². The predicted octanol–water partition coefficient (Wildman–Crippen LogP) is -0.506. The summed E-state index contributed by atoms with van der Waals surface area (Å²) < 4.78 is 44.2. The summed E-state index contributed by atoms with van der Waals surface area (Å²) in [5.74, 6) is -2.76. The van der Waals surface area contributed by atoms with Crippen molar-refractivity contribution in [2.24, 2.45) is 0 Å². The first-order valence-corrected chi connectivity index (χ1v) is 17.4. The molecule has 2 saturated heterocycles. The summed E-state index contributed by atoms with van der Waals surface area (Å²) in [5.41, 5.74) is -0.0872. The highest BCUT2D eigenvalue weighted by Crippen LogP contribution is 2.43. The quantitative estimate of drug-likeness (QED) is 0.0373. The highest BCUT2D eigenvalue weighted by molar-refractivity contribution is 5.88. The smallest absolute Gasteiger partial charge is 0.507 e. The van der Waals surface area contributed by atoms with Crippen molar-refractivity contribution in [3.63, 3.8) is 0 Å². The molecule has 10 atom stereocenters. The molecule has 0 radical (unpaired) electrons. The molecule has 3 heterocycles. The molecule has 0 amide bonds. The maximum Gasteiger partial charge on any atom is 0.510 e. The lowest BCUT2D eigenvalue weighted by molar-refractivity contribution is -0.322. The van der Waals surface area contributed by atoms with Crippen LogP contribution in [-0.2, 0) is 18.9 Å². The Hall–Kier alpha value is -5.68. The molecule has 4 aliphatic rings. The minimum absolute atomic E-state index is 0.0181. The van der Waals surface area contributed by atoms with E-state index in [2.05, 4.69) is 0 Å². The molecule has 0 spiro atoms. The lowest BCUT2D eigenvalue weighted by atomic mass is 9.98. The Labute approximate surface area is 327 Å². The number of esters is 1. The zero-order valence-corrected chi connectivity index (χ0v) is 30.6. The van der Waals surface area contributed by atoms with Crippen molar-refractivity contribution in [3.8, 4) is 62.9 Å². The van der Waals surface area contributed by atoms with Crippen molar-refractivity contribution in [1.29, 1.82) is 0 Å². The van der Waals surface area contributed by atoms with Crippen molar-refractivity contribution < 1.29 is 93.4 Å². The molecule has 20 nitrogen and oxygen atoms in total. The van der Waals surface area contributed by atoms with Gasteiger partial charge in [0.15, 0.2) is 46.2 Å². The Morgan fingerprint density at radius 1 is 0.707 bits per heavy atom. The third-order valence-corrected chi connectivity index (χ3v) is 9.36. The Balaban J connectivity index is 1.14. The number of benzene rings is 3. The summed E-state index contributed by atoms with van der Waals surface area (Å²) in [6.07, 6.45) is -15.0. The van der Waals surface area contributed by atoms with Crippen LogP contribution in [0.4, 0.5) is 0 Å². The van der Waals surface area contributed by atoms with E-state index in [0.29, 0.717) is 5.56 Å². The zero-order valence-electron chi connectivity index (χ0n) is 30.6. The molecule has 6 rings (SSSR count). The first-order chi connectivity index (χ1) is 27.6. The molecule has 6 unspecified atom stereocenters. The number of phenols is 4. The maximum absolute atomic E-state index is 12.1. The fourth-order valence-electron chi connectivity index (χ4n) is 6.18. The number of ether oxygens (including phenoxy) is 7. The molecule has 3 aliphatic heterocycles. The summed E-state index contributed by atoms with van der Waals surface area (Å²) in [6, 6.07) is 9.67. The number of aliphatic hydroxyl groups is 6. The number of hydrogen-bond acceptors (Lipinski definition) is 19. The van der Waals surface area contributed by atoms with Crippen LogP contribution in [0.3, 0.4) is 0 Å². The average Bonchev–Trinajstić information content (AvgIpc) is 3.20. The van der Waals surface area contributed by atoms with Gasteiger partial charge in [0, 0.05) is 17.7 Å². The Kier molecular flexibility index (Phi) is 12.6. The van der Waals surface area contributed by atoms with E-state index in [-0.39, 0.29) is 45.6 Å². The maximum atomic E-state index is 12.1. The van der Waals surface area contributed by atoms with E-state index in [9.17, 15) is 60.7 Å². The van der Waals surface area contributed by atoms with Crippen LogP contribution in [0.1, 0.15) is 5.56 Å². The third-order valence-electron chi connectivity index (χ3n) is 9.36. The van der Waals surface area contributed by atoms with Crippen LogP contribution in [0.2, 0.25) is 0 Å². The number of aromatic hydroxyl groups is 4. The van der Waals surface area contributed by atoms with Crippen molar-refractivity contribution in [2.75, 3.05) is 27.4 Å². The Morgan fingerprint density at radius 2 is 1.33 bits per heavy atom. The van der Waals surface area contributed by atoms with Crippen molar-refractivity contribution in [3.05, 3.63) is 70.4 Å². The molecular weight excluding hydrogens is 776 g/mol. The van der Waals surface area contributed by atoms with Gasteiger partial charge in [0.2, 0.25) is 18.6 Å². The molecule has 2 fully saturated rings. The highest BCUT2D eigenvalue weighted by Gasteiger charge is 2.49. The topological polar surface area (TPSA) is 319 Å². The zero-order chi connectivity index (χ0) is 42.0. The second-order valence-corrected chi connectivity index (χ2v) is 13.2. The van der Waals surface area contributed by atoms with E-state index in [1.54, 1.807) is 0 Å². The number of rotatable bonds is 12. The van der Waals surface area contributed by atoms with Gasteiger partial charge in [-0.3, -0.25) is 4.79 Å². The average molecular weight is 818 g/mol. The van der Waals surface area contributed by atoms with Crippen LogP contribution in [0.25, 0.3) is 28.7 Å². The van der Waals surface area contributed by atoms with E-state index in [1.165, 1.54) is 44.6 Å². The van der Waals surface area contributed by atoms with Crippen molar-refractivity contribution in [2.45, 2.75) is 61.4 Å². The molecule has 0 saturated carbocycles. The van der Waals surface area contributed by atoms with Gasteiger partial charge in [-0.15, -0.1) is 0 Å². The molecule has 0 aromatic heterocycles. The summed E-state index contributed by atoms with van der Waals surface area (Å²) in [5, 5.41) is 105. The largest absolute Gasteiger partial charge is 0.510 e. The predicted molar refractivity (Wildman–Crippen MR) is 195 cm³/mol. The number of hydrogen-bond donors (Lipinski definition) is 10. The van der Waals surface area contributed by atoms with Crippen LogP contribution in [-0.4, -0.2) is 151 Å². The van der Waals surface area contributed by atoms with Gasteiger partial charge in [-0.05, 0) is 48.0 Å². The Morgan fingerprint density at radius 3 is 1.97 bits per heavy atom. The first-order valence-electron chi connectivity index (χ1n) is 17.4. The summed E-state index contributed by atoms with van der Waals surface area (Å²) in [4.78, 5) is 22.4. The molecule has 2 aromatic carbocycles. The number of methoxy groups -OCH3 is 2. The fraction of sp³-hybridized carbons (Fsp3) is 0.368. The van der Waals surface area contributed by atoms with Gasteiger partial charge < -0.3 is 93.4 Å². The van der Waals surface area contributed by atoms with Crippen LogP contribution in [0.5, 0.6) is 40.2 Å². The van der Waals surface area contributed by atoms with E-state index < -0.39 is 103 Å². The van der Waals surface area contributed by atoms with E-state index in [4.69, 9.17) is 37.6 Å². The van der Waals surface area contributed by atoms with Gasteiger partial charge in [0.1, 0.15) is 60.3 Å². The molecule has 0 bridgehead atoms. The van der Waals surface area contributed by atoms with Crippen LogP contribution in [0, 0.1) is 0 Å². The minimum atomic E-state index is -1.93. The first kappa shape index (κ1) is 41.9. The number of carbonyl (C=O) groups excluding carboxylic acids is 1. The minimum Gasteiger partial charge on any atom is -0.507 e. The molecular formula is C38H41O20+. The van der Waals surface area contributed by atoms with E-state index in [0.717, 1.165) is 30.3 Å². The number of phenolic OH excluding ortho intramolecular Hbond substituents is 4. The molecule has 312 valence electrons. The molecule has 2 aromatic rings. The van der Waals surface area contributed by atoms with E-state index >= 15 is 0 Å².